The van der Waals surface area contributed by atoms with E-state index in [4.69, 9.17) is 4.52 Å². The zero-order valence-corrected chi connectivity index (χ0v) is 14.9. The van der Waals surface area contributed by atoms with Crippen LogP contribution in [0.2, 0.25) is 0 Å². The first-order chi connectivity index (χ1) is 12.3. The molecule has 3 rings (SSSR count). The maximum absolute atomic E-state index is 12.2. The average molecular weight is 358 g/mol. The van der Waals surface area contributed by atoms with Crippen LogP contribution in [-0.2, 0) is 4.79 Å². The number of anilines is 1. The van der Waals surface area contributed by atoms with E-state index in [0.717, 1.165) is 5.56 Å². The van der Waals surface area contributed by atoms with Gasteiger partial charge in [-0.05, 0) is 48.9 Å². The van der Waals surface area contributed by atoms with Crippen LogP contribution in [0.15, 0.2) is 35.2 Å². The van der Waals surface area contributed by atoms with Crippen LogP contribution in [0.25, 0.3) is 11.4 Å². The number of amides is 2. The summed E-state index contributed by atoms with van der Waals surface area (Å²) in [5.74, 6) is -0.535. The third kappa shape index (κ3) is 3.40. The summed E-state index contributed by atoms with van der Waals surface area (Å²) in [6, 6.07) is 6.64. The third-order valence-corrected chi connectivity index (χ3v) is 5.37. The van der Waals surface area contributed by atoms with E-state index in [9.17, 15) is 14.7 Å². The number of aliphatic carboxylic acids is 1. The molecule has 2 aromatic rings. The second-order valence-corrected chi connectivity index (χ2v) is 7.27. The van der Waals surface area contributed by atoms with Crippen molar-refractivity contribution < 1.29 is 19.2 Å². The standard InChI is InChI=1S/C18H22N4O4/c1-10(13-8-14(16(23)24)18(13,2)3)20-17(25)21-12-6-4-11(5-7-12)15-19-9-26-22-15/h4-7,9-10,13-14H,8H2,1-3H3,(H,23,24)(H2,20,21,25)/t10?,13-,14+/m0/s1. The van der Waals surface area contributed by atoms with Gasteiger partial charge in [0.2, 0.25) is 12.2 Å². The molecule has 1 saturated carbocycles. The Hall–Kier alpha value is -2.90. The summed E-state index contributed by atoms with van der Waals surface area (Å²) in [7, 11) is 0. The van der Waals surface area contributed by atoms with Crippen LogP contribution in [-0.4, -0.2) is 33.3 Å². The van der Waals surface area contributed by atoms with E-state index in [-0.39, 0.29) is 29.3 Å². The smallest absolute Gasteiger partial charge is 0.319 e. The largest absolute Gasteiger partial charge is 0.481 e. The van der Waals surface area contributed by atoms with Crippen LogP contribution in [0.5, 0.6) is 0 Å². The summed E-state index contributed by atoms with van der Waals surface area (Å²) in [4.78, 5) is 27.4. The first-order valence-corrected chi connectivity index (χ1v) is 8.46. The average Bonchev–Trinajstić information content (AvgIpc) is 3.08. The summed E-state index contributed by atoms with van der Waals surface area (Å²) < 4.78 is 4.71. The predicted octanol–water partition coefficient (Wildman–Crippen LogP) is 2.99. The first kappa shape index (κ1) is 17.9. The molecule has 1 aliphatic carbocycles. The molecule has 3 atom stereocenters. The fraction of sp³-hybridized carbons (Fsp3) is 0.444. The molecule has 0 saturated heterocycles. The van der Waals surface area contributed by atoms with Crippen molar-refractivity contribution in [3.05, 3.63) is 30.7 Å². The molecule has 1 heterocycles. The van der Waals surface area contributed by atoms with Crippen LogP contribution < -0.4 is 10.6 Å². The number of hydrogen-bond acceptors (Lipinski definition) is 5. The minimum Gasteiger partial charge on any atom is -0.481 e. The predicted molar refractivity (Wildman–Crippen MR) is 94.4 cm³/mol. The van der Waals surface area contributed by atoms with Gasteiger partial charge in [0.25, 0.3) is 0 Å². The van der Waals surface area contributed by atoms with Crippen LogP contribution in [0, 0.1) is 17.3 Å². The highest BCUT2D eigenvalue weighted by atomic mass is 16.5. The number of benzene rings is 1. The quantitative estimate of drug-likeness (QED) is 0.756. The molecular formula is C18H22N4O4. The summed E-state index contributed by atoms with van der Waals surface area (Å²) in [5.41, 5.74) is 1.08. The van der Waals surface area contributed by atoms with Crippen LogP contribution in [0.4, 0.5) is 10.5 Å². The number of nitrogens with zero attached hydrogens (tertiary/aromatic N) is 2. The van der Waals surface area contributed by atoms with Crippen molar-refractivity contribution in [1.29, 1.82) is 0 Å². The topological polar surface area (TPSA) is 117 Å². The van der Waals surface area contributed by atoms with Crippen molar-refractivity contribution in [2.75, 3.05) is 5.32 Å². The zero-order valence-electron chi connectivity index (χ0n) is 14.9. The molecule has 1 aliphatic rings. The molecule has 0 bridgehead atoms. The number of carboxylic acids is 1. The minimum atomic E-state index is -0.774. The molecule has 1 unspecified atom stereocenters. The second-order valence-electron chi connectivity index (χ2n) is 7.27. The van der Waals surface area contributed by atoms with Crippen molar-refractivity contribution in [3.63, 3.8) is 0 Å². The van der Waals surface area contributed by atoms with Gasteiger partial charge in [0.1, 0.15) is 0 Å². The molecule has 26 heavy (non-hydrogen) atoms. The Morgan fingerprint density at radius 1 is 1.31 bits per heavy atom. The van der Waals surface area contributed by atoms with E-state index in [0.29, 0.717) is 17.9 Å². The second kappa shape index (κ2) is 6.78. The van der Waals surface area contributed by atoms with Gasteiger partial charge in [-0.1, -0.05) is 19.0 Å². The summed E-state index contributed by atoms with van der Waals surface area (Å²) in [6.45, 7) is 5.78. The van der Waals surface area contributed by atoms with Crippen LogP contribution >= 0.6 is 0 Å². The number of carbonyl (C=O) groups is 2. The van der Waals surface area contributed by atoms with Crippen molar-refractivity contribution in [1.82, 2.24) is 15.5 Å². The Balaban J connectivity index is 1.55. The number of hydrogen-bond donors (Lipinski definition) is 3. The van der Waals surface area contributed by atoms with Crippen molar-refractivity contribution in [2.45, 2.75) is 33.2 Å². The van der Waals surface area contributed by atoms with E-state index >= 15 is 0 Å². The molecule has 1 aromatic heterocycles. The summed E-state index contributed by atoms with van der Waals surface area (Å²) in [5, 5.41) is 18.7. The van der Waals surface area contributed by atoms with Gasteiger partial charge in [0.15, 0.2) is 0 Å². The summed E-state index contributed by atoms with van der Waals surface area (Å²) in [6.07, 6.45) is 1.83. The maximum Gasteiger partial charge on any atom is 0.319 e. The van der Waals surface area contributed by atoms with E-state index in [2.05, 4.69) is 20.8 Å². The monoisotopic (exact) mass is 358 g/mol. The first-order valence-electron chi connectivity index (χ1n) is 8.46. The van der Waals surface area contributed by atoms with E-state index < -0.39 is 5.97 Å². The Labute approximate surface area is 151 Å². The van der Waals surface area contributed by atoms with Gasteiger partial charge in [0.05, 0.1) is 5.92 Å². The fourth-order valence-corrected chi connectivity index (χ4v) is 3.70. The minimum absolute atomic E-state index is 0.120. The highest BCUT2D eigenvalue weighted by Gasteiger charge is 2.53. The third-order valence-electron chi connectivity index (χ3n) is 5.37. The number of urea groups is 1. The highest BCUT2D eigenvalue weighted by molar-refractivity contribution is 5.89. The van der Waals surface area contributed by atoms with Gasteiger partial charge in [-0.25, -0.2) is 4.79 Å². The molecule has 0 radical (unpaired) electrons. The van der Waals surface area contributed by atoms with Gasteiger partial charge in [-0.15, -0.1) is 0 Å². The molecule has 1 aromatic carbocycles. The van der Waals surface area contributed by atoms with E-state index in [1.54, 1.807) is 24.3 Å². The molecule has 0 aliphatic heterocycles. The summed E-state index contributed by atoms with van der Waals surface area (Å²) >= 11 is 0. The zero-order chi connectivity index (χ0) is 18.9. The number of carbonyl (C=O) groups excluding carboxylic acids is 1. The lowest BCUT2D eigenvalue weighted by Crippen LogP contribution is -2.57. The fourth-order valence-electron chi connectivity index (χ4n) is 3.70. The Kier molecular flexibility index (Phi) is 4.67. The van der Waals surface area contributed by atoms with Crippen molar-refractivity contribution in [2.24, 2.45) is 17.3 Å². The lowest BCUT2D eigenvalue weighted by molar-refractivity contribution is -0.160. The van der Waals surface area contributed by atoms with Gasteiger partial charge < -0.3 is 20.3 Å². The van der Waals surface area contributed by atoms with Crippen LogP contribution in [0.1, 0.15) is 27.2 Å². The number of rotatable bonds is 5. The Morgan fingerprint density at radius 3 is 2.54 bits per heavy atom. The molecule has 3 N–H and O–H groups in total. The molecule has 2 amide bonds. The molecule has 138 valence electrons. The number of nitrogens with one attached hydrogen (secondary N) is 2. The Morgan fingerprint density at radius 2 is 2.00 bits per heavy atom. The van der Waals surface area contributed by atoms with E-state index in [1.807, 2.05) is 20.8 Å². The lowest BCUT2D eigenvalue weighted by atomic mass is 9.53. The number of carboxylic acid groups (broad SMARTS) is 1. The molecule has 8 heteroatoms. The van der Waals surface area contributed by atoms with Crippen molar-refractivity contribution in [3.8, 4) is 11.4 Å². The maximum atomic E-state index is 12.2. The van der Waals surface area contributed by atoms with Crippen molar-refractivity contribution >= 4 is 17.7 Å². The van der Waals surface area contributed by atoms with Gasteiger partial charge in [-0.2, -0.15) is 4.98 Å². The molecule has 1 fully saturated rings. The van der Waals surface area contributed by atoms with Gasteiger partial charge in [-0.3, -0.25) is 4.79 Å². The lowest BCUT2D eigenvalue weighted by Gasteiger charge is -2.52. The number of aromatic nitrogens is 2. The SMILES string of the molecule is CC(NC(=O)Nc1ccc(-c2ncon2)cc1)[C@@H]1C[C@H](C(=O)O)C1(C)C. The normalized spacial score (nSPS) is 22.1. The highest BCUT2D eigenvalue weighted by Crippen LogP contribution is 2.52. The molecular weight excluding hydrogens is 336 g/mol. The Bertz CT molecular complexity index is 786. The van der Waals surface area contributed by atoms with Crippen LogP contribution in [0.3, 0.4) is 0 Å². The van der Waals surface area contributed by atoms with Gasteiger partial charge >= 0.3 is 12.0 Å². The van der Waals surface area contributed by atoms with E-state index in [1.165, 1.54) is 6.39 Å². The van der Waals surface area contributed by atoms with Gasteiger partial charge in [0, 0.05) is 17.3 Å². The molecule has 8 nitrogen and oxygen atoms in total. The molecule has 0 spiro atoms.